The standard InChI is InChI=1S/C8H17NO2/c1-4-5-8(10)7(9-2)6-11-3/h4-5,7-10H,6H2,1-3H3/b5-4+. The Morgan fingerprint density at radius 3 is 2.64 bits per heavy atom. The maximum atomic E-state index is 9.41. The lowest BCUT2D eigenvalue weighted by molar-refractivity contribution is 0.0994. The van der Waals surface area contributed by atoms with Gasteiger partial charge in [0, 0.05) is 7.11 Å². The molecule has 3 nitrogen and oxygen atoms in total. The fourth-order valence-electron chi connectivity index (χ4n) is 0.864. The van der Waals surface area contributed by atoms with Crippen LogP contribution in [0.5, 0.6) is 0 Å². The van der Waals surface area contributed by atoms with Crippen molar-refractivity contribution >= 4 is 0 Å². The van der Waals surface area contributed by atoms with Gasteiger partial charge in [-0.15, -0.1) is 0 Å². The van der Waals surface area contributed by atoms with Gasteiger partial charge in [-0.2, -0.15) is 0 Å². The Hall–Kier alpha value is -0.380. The van der Waals surface area contributed by atoms with Crippen LogP contribution in [-0.2, 0) is 4.74 Å². The third-order valence-corrected chi connectivity index (χ3v) is 1.52. The Morgan fingerprint density at radius 2 is 2.27 bits per heavy atom. The van der Waals surface area contributed by atoms with Gasteiger partial charge in [0.15, 0.2) is 0 Å². The molecule has 2 unspecified atom stereocenters. The molecule has 2 atom stereocenters. The van der Waals surface area contributed by atoms with Crippen LogP contribution in [0.4, 0.5) is 0 Å². The summed E-state index contributed by atoms with van der Waals surface area (Å²) in [5, 5.41) is 12.4. The van der Waals surface area contributed by atoms with Gasteiger partial charge in [-0.1, -0.05) is 12.2 Å². The Labute approximate surface area is 68.1 Å². The van der Waals surface area contributed by atoms with Gasteiger partial charge >= 0.3 is 0 Å². The van der Waals surface area contributed by atoms with Gasteiger partial charge in [-0.05, 0) is 14.0 Å². The molecule has 0 aliphatic heterocycles. The zero-order valence-electron chi connectivity index (χ0n) is 7.37. The normalized spacial score (nSPS) is 17.1. The van der Waals surface area contributed by atoms with Crippen LogP contribution in [0.3, 0.4) is 0 Å². The molecule has 0 aliphatic rings. The minimum Gasteiger partial charge on any atom is -0.387 e. The minimum atomic E-state index is -0.468. The van der Waals surface area contributed by atoms with E-state index in [1.54, 1.807) is 20.2 Å². The van der Waals surface area contributed by atoms with Crippen LogP contribution in [0.15, 0.2) is 12.2 Å². The van der Waals surface area contributed by atoms with Gasteiger partial charge in [0.25, 0.3) is 0 Å². The van der Waals surface area contributed by atoms with Crippen LogP contribution in [0.1, 0.15) is 6.92 Å². The van der Waals surface area contributed by atoms with E-state index in [0.29, 0.717) is 6.61 Å². The summed E-state index contributed by atoms with van der Waals surface area (Å²) in [6.45, 7) is 2.39. The molecular weight excluding hydrogens is 142 g/mol. The molecule has 0 radical (unpaired) electrons. The summed E-state index contributed by atoms with van der Waals surface area (Å²) in [5.74, 6) is 0. The molecule has 3 heteroatoms. The molecule has 0 rings (SSSR count). The molecule has 0 heterocycles. The summed E-state index contributed by atoms with van der Waals surface area (Å²) in [6.07, 6.45) is 3.09. The van der Waals surface area contributed by atoms with E-state index in [2.05, 4.69) is 5.32 Å². The molecule has 0 saturated carbocycles. The van der Waals surface area contributed by atoms with Crippen molar-refractivity contribution in [3.8, 4) is 0 Å². The smallest absolute Gasteiger partial charge is 0.0896 e. The van der Waals surface area contributed by atoms with Crippen LogP contribution >= 0.6 is 0 Å². The third-order valence-electron chi connectivity index (χ3n) is 1.52. The number of aliphatic hydroxyl groups is 1. The summed E-state index contributed by atoms with van der Waals surface area (Å²) in [5.41, 5.74) is 0. The fourth-order valence-corrected chi connectivity index (χ4v) is 0.864. The quantitative estimate of drug-likeness (QED) is 0.561. The van der Waals surface area contributed by atoms with E-state index in [-0.39, 0.29) is 6.04 Å². The predicted octanol–water partition coefficient (Wildman–Crippen LogP) is 0.158. The third kappa shape index (κ3) is 4.14. The molecule has 0 fully saturated rings. The molecular formula is C8H17NO2. The number of hydrogen-bond donors (Lipinski definition) is 2. The van der Waals surface area contributed by atoms with Gasteiger partial charge in [0.05, 0.1) is 18.8 Å². The number of rotatable bonds is 5. The number of ether oxygens (including phenoxy) is 1. The molecule has 0 bridgehead atoms. The lowest BCUT2D eigenvalue weighted by atomic mass is 10.1. The highest BCUT2D eigenvalue weighted by atomic mass is 16.5. The van der Waals surface area contributed by atoms with E-state index < -0.39 is 6.10 Å². The number of hydrogen-bond acceptors (Lipinski definition) is 3. The predicted molar refractivity (Wildman–Crippen MR) is 45.5 cm³/mol. The van der Waals surface area contributed by atoms with Gasteiger partial charge in [0.1, 0.15) is 0 Å². The highest BCUT2D eigenvalue weighted by molar-refractivity contribution is 4.92. The molecule has 11 heavy (non-hydrogen) atoms. The molecule has 0 aromatic heterocycles. The van der Waals surface area contributed by atoms with E-state index in [9.17, 15) is 5.11 Å². The molecule has 0 aromatic rings. The van der Waals surface area contributed by atoms with E-state index in [0.717, 1.165) is 0 Å². The molecule has 0 saturated heterocycles. The fraction of sp³-hybridized carbons (Fsp3) is 0.750. The number of likely N-dealkylation sites (N-methyl/N-ethyl adjacent to an activating group) is 1. The van der Waals surface area contributed by atoms with E-state index >= 15 is 0 Å². The summed E-state index contributed by atoms with van der Waals surface area (Å²) in [7, 11) is 3.42. The van der Waals surface area contributed by atoms with Crippen molar-refractivity contribution in [3.63, 3.8) is 0 Å². The highest BCUT2D eigenvalue weighted by Gasteiger charge is 2.12. The van der Waals surface area contributed by atoms with Gasteiger partial charge in [-0.3, -0.25) is 0 Å². The van der Waals surface area contributed by atoms with Crippen molar-refractivity contribution in [1.82, 2.24) is 5.32 Å². The molecule has 0 aliphatic carbocycles. The van der Waals surface area contributed by atoms with Crippen LogP contribution < -0.4 is 5.32 Å². The first-order valence-electron chi connectivity index (χ1n) is 3.73. The monoisotopic (exact) mass is 159 g/mol. The first-order chi connectivity index (χ1) is 5.26. The van der Waals surface area contributed by atoms with E-state index in [4.69, 9.17) is 4.74 Å². The maximum Gasteiger partial charge on any atom is 0.0896 e. The Balaban J connectivity index is 3.80. The van der Waals surface area contributed by atoms with Crippen molar-refractivity contribution in [2.45, 2.75) is 19.1 Å². The second-order valence-corrected chi connectivity index (χ2v) is 2.37. The molecule has 66 valence electrons. The zero-order chi connectivity index (χ0) is 8.69. The van der Waals surface area contributed by atoms with Crippen LogP contribution in [0.25, 0.3) is 0 Å². The number of methoxy groups -OCH3 is 1. The van der Waals surface area contributed by atoms with Crippen molar-refractivity contribution < 1.29 is 9.84 Å². The zero-order valence-corrected chi connectivity index (χ0v) is 7.37. The first kappa shape index (κ1) is 10.6. The molecule has 0 aromatic carbocycles. The van der Waals surface area contributed by atoms with Crippen molar-refractivity contribution in [3.05, 3.63) is 12.2 Å². The maximum absolute atomic E-state index is 9.41. The van der Waals surface area contributed by atoms with E-state index in [1.165, 1.54) is 0 Å². The van der Waals surface area contributed by atoms with Gasteiger partial charge in [-0.25, -0.2) is 0 Å². The van der Waals surface area contributed by atoms with Crippen molar-refractivity contribution in [1.29, 1.82) is 0 Å². The summed E-state index contributed by atoms with van der Waals surface area (Å²) < 4.78 is 4.91. The Morgan fingerprint density at radius 1 is 1.64 bits per heavy atom. The molecule has 0 amide bonds. The lowest BCUT2D eigenvalue weighted by Gasteiger charge is -2.18. The average molecular weight is 159 g/mol. The largest absolute Gasteiger partial charge is 0.387 e. The van der Waals surface area contributed by atoms with Crippen molar-refractivity contribution in [2.75, 3.05) is 20.8 Å². The lowest BCUT2D eigenvalue weighted by Crippen LogP contribution is -2.40. The SMILES string of the molecule is C/C=C/C(O)C(COC)NC. The second kappa shape index (κ2) is 6.34. The summed E-state index contributed by atoms with van der Waals surface area (Å²) >= 11 is 0. The highest BCUT2D eigenvalue weighted by Crippen LogP contribution is 1.95. The molecule has 2 N–H and O–H groups in total. The molecule has 0 spiro atoms. The van der Waals surface area contributed by atoms with Gasteiger partial charge in [0.2, 0.25) is 0 Å². The number of aliphatic hydroxyl groups excluding tert-OH is 1. The second-order valence-electron chi connectivity index (χ2n) is 2.37. The minimum absolute atomic E-state index is 0.0174. The van der Waals surface area contributed by atoms with Gasteiger partial charge < -0.3 is 15.2 Å². The first-order valence-corrected chi connectivity index (χ1v) is 3.73. The van der Waals surface area contributed by atoms with Crippen LogP contribution in [0.2, 0.25) is 0 Å². The topological polar surface area (TPSA) is 41.5 Å². The van der Waals surface area contributed by atoms with Crippen molar-refractivity contribution in [2.24, 2.45) is 0 Å². The summed E-state index contributed by atoms with van der Waals surface area (Å²) in [6, 6.07) is -0.0174. The van der Waals surface area contributed by atoms with E-state index in [1.807, 2.05) is 13.0 Å². The number of allylic oxidation sites excluding steroid dienone is 1. The van der Waals surface area contributed by atoms with Crippen LogP contribution in [-0.4, -0.2) is 38.0 Å². The van der Waals surface area contributed by atoms with Crippen LogP contribution in [0, 0.1) is 0 Å². The number of nitrogens with one attached hydrogen (secondary N) is 1. The summed E-state index contributed by atoms with van der Waals surface area (Å²) in [4.78, 5) is 0. The average Bonchev–Trinajstić information content (AvgIpc) is 2.00. The Bertz CT molecular complexity index is 115. The Kier molecular flexibility index (Phi) is 6.12.